The molecule has 0 aliphatic carbocycles. The van der Waals surface area contributed by atoms with E-state index in [-0.39, 0.29) is 0 Å². The standard InChI is InChI=1S/C22H18N4/c23-19-7-3-17(4-8-19)22-12-11-21(15-25-22)26-20-9-5-16(6-10-20)18-2-1-13-24-14-18/h1-15,26H,23H2. The fourth-order valence-corrected chi connectivity index (χ4v) is 2.74. The number of nitrogen functional groups attached to an aromatic ring is 1. The summed E-state index contributed by atoms with van der Waals surface area (Å²) < 4.78 is 0. The molecule has 26 heavy (non-hydrogen) atoms. The molecule has 3 N–H and O–H groups in total. The van der Waals surface area contributed by atoms with Gasteiger partial charge in [-0.3, -0.25) is 9.97 Å². The van der Waals surface area contributed by atoms with Crippen LogP contribution in [-0.2, 0) is 0 Å². The van der Waals surface area contributed by atoms with E-state index in [4.69, 9.17) is 5.73 Å². The SMILES string of the molecule is Nc1ccc(-c2ccc(Nc3ccc(-c4cccnc4)cc3)cn2)cc1. The van der Waals surface area contributed by atoms with Crippen LogP contribution in [0.3, 0.4) is 0 Å². The average molecular weight is 338 g/mol. The Morgan fingerprint density at radius 2 is 1.38 bits per heavy atom. The van der Waals surface area contributed by atoms with E-state index in [1.54, 1.807) is 6.20 Å². The summed E-state index contributed by atoms with van der Waals surface area (Å²) in [5.41, 5.74) is 12.6. The lowest BCUT2D eigenvalue weighted by atomic mass is 10.1. The third kappa shape index (κ3) is 3.54. The summed E-state index contributed by atoms with van der Waals surface area (Å²) >= 11 is 0. The molecule has 4 rings (SSSR count). The Bertz CT molecular complexity index is 977. The summed E-state index contributed by atoms with van der Waals surface area (Å²) in [6.45, 7) is 0. The summed E-state index contributed by atoms with van der Waals surface area (Å²) in [6.07, 6.45) is 5.48. The summed E-state index contributed by atoms with van der Waals surface area (Å²) in [7, 11) is 0. The van der Waals surface area contributed by atoms with E-state index in [9.17, 15) is 0 Å². The van der Waals surface area contributed by atoms with Gasteiger partial charge in [-0.1, -0.05) is 30.3 Å². The number of hydrogen-bond acceptors (Lipinski definition) is 4. The zero-order valence-electron chi connectivity index (χ0n) is 14.1. The van der Waals surface area contributed by atoms with Crippen LogP contribution in [0.4, 0.5) is 17.1 Å². The van der Waals surface area contributed by atoms with Crippen LogP contribution >= 0.6 is 0 Å². The molecule has 0 amide bonds. The zero-order chi connectivity index (χ0) is 17.8. The molecule has 0 atom stereocenters. The van der Waals surface area contributed by atoms with Crippen molar-refractivity contribution in [2.24, 2.45) is 0 Å². The van der Waals surface area contributed by atoms with Gasteiger partial charge >= 0.3 is 0 Å². The highest BCUT2D eigenvalue weighted by molar-refractivity contribution is 5.69. The van der Waals surface area contributed by atoms with Gasteiger partial charge in [-0.15, -0.1) is 0 Å². The van der Waals surface area contributed by atoms with Crippen molar-refractivity contribution < 1.29 is 0 Å². The van der Waals surface area contributed by atoms with E-state index in [0.717, 1.165) is 39.4 Å². The maximum Gasteiger partial charge on any atom is 0.0703 e. The monoisotopic (exact) mass is 338 g/mol. The van der Waals surface area contributed by atoms with Gasteiger partial charge in [0.25, 0.3) is 0 Å². The van der Waals surface area contributed by atoms with Crippen LogP contribution in [0, 0.1) is 0 Å². The number of nitrogens with zero attached hydrogens (tertiary/aromatic N) is 2. The molecule has 0 saturated heterocycles. The first kappa shape index (κ1) is 15.8. The van der Waals surface area contributed by atoms with Crippen molar-refractivity contribution in [3.63, 3.8) is 0 Å². The molecule has 0 spiro atoms. The van der Waals surface area contributed by atoms with Crippen molar-refractivity contribution in [1.82, 2.24) is 9.97 Å². The molecule has 0 aliphatic heterocycles. The second kappa shape index (κ2) is 7.07. The second-order valence-electron chi connectivity index (χ2n) is 6.00. The third-order valence-electron chi connectivity index (χ3n) is 4.14. The smallest absolute Gasteiger partial charge is 0.0703 e. The number of anilines is 3. The summed E-state index contributed by atoms with van der Waals surface area (Å²) in [5.74, 6) is 0. The molecule has 4 nitrogen and oxygen atoms in total. The van der Waals surface area contributed by atoms with Gasteiger partial charge in [0.05, 0.1) is 17.6 Å². The first-order chi connectivity index (χ1) is 12.8. The first-order valence-electron chi connectivity index (χ1n) is 8.37. The van der Waals surface area contributed by atoms with Gasteiger partial charge in [-0.2, -0.15) is 0 Å². The van der Waals surface area contributed by atoms with Crippen molar-refractivity contribution in [3.05, 3.63) is 91.4 Å². The van der Waals surface area contributed by atoms with Gasteiger partial charge in [-0.25, -0.2) is 0 Å². The Morgan fingerprint density at radius 1 is 0.654 bits per heavy atom. The number of rotatable bonds is 4. The normalized spacial score (nSPS) is 10.5. The molecule has 4 aromatic rings. The minimum absolute atomic E-state index is 0.752. The average Bonchev–Trinajstić information content (AvgIpc) is 2.71. The fraction of sp³-hybridized carbons (Fsp3) is 0. The zero-order valence-corrected chi connectivity index (χ0v) is 14.1. The summed E-state index contributed by atoms with van der Waals surface area (Å²) in [5, 5.41) is 3.37. The first-order valence-corrected chi connectivity index (χ1v) is 8.37. The van der Waals surface area contributed by atoms with E-state index in [1.807, 2.05) is 54.9 Å². The highest BCUT2D eigenvalue weighted by Gasteiger charge is 2.01. The molecule has 0 radical (unpaired) electrons. The molecular formula is C22H18N4. The van der Waals surface area contributed by atoms with E-state index in [1.165, 1.54) is 0 Å². The molecule has 0 fully saturated rings. The molecular weight excluding hydrogens is 320 g/mol. The number of aromatic nitrogens is 2. The number of pyridine rings is 2. The molecule has 0 bridgehead atoms. The molecule has 4 heteroatoms. The van der Waals surface area contributed by atoms with Crippen molar-refractivity contribution >= 4 is 17.1 Å². The lowest BCUT2D eigenvalue weighted by Crippen LogP contribution is -1.92. The van der Waals surface area contributed by atoms with Crippen molar-refractivity contribution in [2.75, 3.05) is 11.1 Å². The Morgan fingerprint density at radius 3 is 2.04 bits per heavy atom. The third-order valence-corrected chi connectivity index (χ3v) is 4.14. The van der Waals surface area contributed by atoms with E-state index < -0.39 is 0 Å². The van der Waals surface area contributed by atoms with Gasteiger partial charge in [0.15, 0.2) is 0 Å². The number of nitrogens with one attached hydrogen (secondary N) is 1. The number of nitrogens with two attached hydrogens (primary N) is 1. The van der Waals surface area contributed by atoms with Crippen LogP contribution in [-0.4, -0.2) is 9.97 Å². The van der Waals surface area contributed by atoms with Crippen molar-refractivity contribution in [3.8, 4) is 22.4 Å². The quantitative estimate of drug-likeness (QED) is 0.506. The van der Waals surface area contributed by atoms with Crippen molar-refractivity contribution in [1.29, 1.82) is 0 Å². The minimum Gasteiger partial charge on any atom is -0.399 e. The largest absolute Gasteiger partial charge is 0.399 e. The lowest BCUT2D eigenvalue weighted by Gasteiger charge is -2.08. The Labute approximate surface area is 152 Å². The van der Waals surface area contributed by atoms with E-state index in [2.05, 4.69) is 45.6 Å². The molecule has 126 valence electrons. The summed E-state index contributed by atoms with van der Waals surface area (Å²) in [4.78, 5) is 8.69. The van der Waals surface area contributed by atoms with E-state index in [0.29, 0.717) is 0 Å². The molecule has 2 heterocycles. The Hall–Kier alpha value is -3.66. The molecule has 0 saturated carbocycles. The molecule has 2 aromatic heterocycles. The van der Waals surface area contributed by atoms with Crippen LogP contribution < -0.4 is 11.1 Å². The van der Waals surface area contributed by atoms with Crippen LogP contribution in [0.1, 0.15) is 0 Å². The lowest BCUT2D eigenvalue weighted by molar-refractivity contribution is 1.32. The number of benzene rings is 2. The molecule has 2 aromatic carbocycles. The molecule has 0 unspecified atom stereocenters. The predicted molar refractivity (Wildman–Crippen MR) is 107 cm³/mol. The highest BCUT2D eigenvalue weighted by atomic mass is 14.9. The minimum atomic E-state index is 0.752. The second-order valence-corrected chi connectivity index (χ2v) is 6.00. The Kier molecular flexibility index (Phi) is 4.31. The van der Waals surface area contributed by atoms with Crippen LogP contribution in [0.5, 0.6) is 0 Å². The van der Waals surface area contributed by atoms with Crippen LogP contribution in [0.15, 0.2) is 91.4 Å². The maximum absolute atomic E-state index is 5.73. The highest BCUT2D eigenvalue weighted by Crippen LogP contribution is 2.24. The molecule has 0 aliphatic rings. The van der Waals surface area contributed by atoms with Crippen LogP contribution in [0.2, 0.25) is 0 Å². The Balaban J connectivity index is 1.48. The van der Waals surface area contributed by atoms with Crippen LogP contribution in [0.25, 0.3) is 22.4 Å². The van der Waals surface area contributed by atoms with Gasteiger partial charge in [-0.05, 0) is 53.6 Å². The van der Waals surface area contributed by atoms with E-state index >= 15 is 0 Å². The van der Waals surface area contributed by atoms with Gasteiger partial charge in [0.2, 0.25) is 0 Å². The fourth-order valence-electron chi connectivity index (χ4n) is 2.74. The van der Waals surface area contributed by atoms with Gasteiger partial charge in [0.1, 0.15) is 0 Å². The predicted octanol–water partition coefficient (Wildman–Crippen LogP) is 5.14. The van der Waals surface area contributed by atoms with Gasteiger partial charge < -0.3 is 11.1 Å². The maximum atomic E-state index is 5.73. The topological polar surface area (TPSA) is 63.8 Å². The summed E-state index contributed by atoms with van der Waals surface area (Å²) in [6, 6.07) is 24.0. The number of hydrogen-bond donors (Lipinski definition) is 2. The van der Waals surface area contributed by atoms with Gasteiger partial charge in [0, 0.05) is 29.3 Å². The van der Waals surface area contributed by atoms with Crippen molar-refractivity contribution in [2.45, 2.75) is 0 Å².